The lowest BCUT2D eigenvalue weighted by atomic mass is 10.1. The topological polar surface area (TPSA) is 76.2 Å². The van der Waals surface area contributed by atoms with Gasteiger partial charge < -0.3 is 16.0 Å². The summed E-state index contributed by atoms with van der Waals surface area (Å²) in [5, 5.41) is 6.99. The van der Waals surface area contributed by atoms with Crippen molar-refractivity contribution in [2.24, 2.45) is 7.05 Å². The van der Waals surface area contributed by atoms with Gasteiger partial charge in [-0.1, -0.05) is 0 Å². The van der Waals surface area contributed by atoms with Crippen molar-refractivity contribution in [3.8, 4) is 0 Å². The predicted molar refractivity (Wildman–Crippen MR) is 65.6 cm³/mol. The molecule has 0 atom stereocenters. The molecule has 1 aromatic rings. The van der Waals surface area contributed by atoms with Gasteiger partial charge in [-0.05, 0) is 33.0 Å². The lowest BCUT2D eigenvalue weighted by Crippen LogP contribution is -2.43. The van der Waals surface area contributed by atoms with Gasteiger partial charge in [0.1, 0.15) is 11.5 Å². The second-order valence-corrected chi connectivity index (χ2v) is 4.63. The second-order valence-electron chi connectivity index (χ2n) is 4.63. The van der Waals surface area contributed by atoms with Gasteiger partial charge in [-0.2, -0.15) is 5.10 Å². The average molecular weight is 237 g/mol. The Morgan fingerprint density at radius 2 is 2.12 bits per heavy atom. The van der Waals surface area contributed by atoms with E-state index in [9.17, 15) is 4.79 Å². The van der Waals surface area contributed by atoms with Gasteiger partial charge in [0.15, 0.2) is 0 Å². The van der Waals surface area contributed by atoms with Crippen LogP contribution in [0, 0.1) is 0 Å². The summed E-state index contributed by atoms with van der Waals surface area (Å²) < 4.78 is 1.51. The fourth-order valence-electron chi connectivity index (χ4n) is 2.11. The van der Waals surface area contributed by atoms with E-state index in [-0.39, 0.29) is 11.9 Å². The molecule has 6 heteroatoms. The second kappa shape index (κ2) is 4.75. The van der Waals surface area contributed by atoms with E-state index in [0.717, 1.165) is 25.9 Å². The van der Waals surface area contributed by atoms with Crippen LogP contribution in [-0.4, -0.2) is 46.8 Å². The van der Waals surface area contributed by atoms with Crippen LogP contribution < -0.4 is 11.1 Å². The molecule has 17 heavy (non-hydrogen) atoms. The third-order valence-electron chi connectivity index (χ3n) is 3.19. The van der Waals surface area contributed by atoms with Gasteiger partial charge in [0.25, 0.3) is 5.91 Å². The number of amides is 1. The zero-order valence-corrected chi connectivity index (χ0v) is 10.3. The predicted octanol–water partition coefficient (Wildman–Crippen LogP) is -0.174. The molecule has 0 bridgehead atoms. The monoisotopic (exact) mass is 237 g/mol. The van der Waals surface area contributed by atoms with Crippen molar-refractivity contribution in [1.82, 2.24) is 20.0 Å². The molecule has 0 saturated carbocycles. The largest absolute Gasteiger partial charge is 0.382 e. The van der Waals surface area contributed by atoms with E-state index >= 15 is 0 Å². The molecule has 0 unspecified atom stereocenters. The van der Waals surface area contributed by atoms with Crippen LogP contribution in [0.3, 0.4) is 0 Å². The molecule has 94 valence electrons. The Labute approximate surface area is 101 Å². The molecule has 0 aromatic carbocycles. The molecule has 0 aliphatic carbocycles. The maximum absolute atomic E-state index is 12.0. The van der Waals surface area contributed by atoms with E-state index in [1.807, 2.05) is 0 Å². The minimum Gasteiger partial charge on any atom is -0.382 e. The Hall–Kier alpha value is -1.56. The number of piperidine rings is 1. The number of carbonyl (C=O) groups is 1. The highest BCUT2D eigenvalue weighted by atomic mass is 16.2. The SMILES string of the molecule is CN1CCC(NC(=O)c2cc(N)nn2C)CC1. The molecular weight excluding hydrogens is 218 g/mol. The van der Waals surface area contributed by atoms with Gasteiger partial charge in [-0.15, -0.1) is 0 Å². The zero-order chi connectivity index (χ0) is 12.4. The van der Waals surface area contributed by atoms with Gasteiger partial charge >= 0.3 is 0 Å². The van der Waals surface area contributed by atoms with E-state index in [2.05, 4.69) is 22.4 Å². The minimum atomic E-state index is -0.0914. The Morgan fingerprint density at radius 3 is 2.65 bits per heavy atom. The van der Waals surface area contributed by atoms with Crippen molar-refractivity contribution in [2.75, 3.05) is 25.9 Å². The third-order valence-corrected chi connectivity index (χ3v) is 3.19. The number of rotatable bonds is 2. The molecule has 1 amide bonds. The summed E-state index contributed by atoms with van der Waals surface area (Å²) in [4.78, 5) is 14.3. The molecule has 1 saturated heterocycles. The lowest BCUT2D eigenvalue weighted by Gasteiger charge is -2.29. The Bertz CT molecular complexity index is 406. The van der Waals surface area contributed by atoms with Gasteiger partial charge in [0.2, 0.25) is 0 Å². The summed E-state index contributed by atoms with van der Waals surface area (Å²) in [5.41, 5.74) is 6.07. The minimum absolute atomic E-state index is 0.0914. The summed E-state index contributed by atoms with van der Waals surface area (Å²) in [6, 6.07) is 1.86. The van der Waals surface area contributed by atoms with Crippen LogP contribution in [-0.2, 0) is 7.05 Å². The summed E-state index contributed by atoms with van der Waals surface area (Å²) in [7, 11) is 3.82. The fraction of sp³-hybridized carbons (Fsp3) is 0.636. The van der Waals surface area contributed by atoms with Crippen molar-refractivity contribution in [3.63, 3.8) is 0 Å². The number of anilines is 1. The number of aromatic nitrogens is 2. The molecule has 1 aliphatic rings. The molecule has 0 radical (unpaired) electrons. The highest BCUT2D eigenvalue weighted by Crippen LogP contribution is 2.10. The maximum atomic E-state index is 12.0. The number of likely N-dealkylation sites (tertiary alicyclic amines) is 1. The first kappa shape index (κ1) is 11.9. The number of nitrogens with zero attached hydrogens (tertiary/aromatic N) is 3. The summed E-state index contributed by atoms with van der Waals surface area (Å²) in [6.45, 7) is 2.05. The number of carbonyl (C=O) groups excluding carboxylic acids is 1. The molecular formula is C11H19N5O. The first-order valence-corrected chi connectivity index (χ1v) is 5.85. The van der Waals surface area contributed by atoms with Gasteiger partial charge in [-0.25, -0.2) is 0 Å². The van der Waals surface area contributed by atoms with Crippen LogP contribution >= 0.6 is 0 Å². The highest BCUT2D eigenvalue weighted by molar-refractivity contribution is 5.93. The quantitative estimate of drug-likeness (QED) is 0.748. The molecule has 1 aliphatic heterocycles. The third kappa shape index (κ3) is 2.76. The van der Waals surface area contributed by atoms with E-state index in [4.69, 9.17) is 5.73 Å². The number of hydrogen-bond acceptors (Lipinski definition) is 4. The zero-order valence-electron chi connectivity index (χ0n) is 10.3. The standard InChI is InChI=1S/C11H19N5O/c1-15-5-3-8(4-6-15)13-11(17)9-7-10(12)14-16(9)2/h7-8H,3-6H2,1-2H3,(H2,12,14)(H,13,17). The summed E-state index contributed by atoms with van der Waals surface area (Å²) in [5.74, 6) is 0.285. The van der Waals surface area contributed by atoms with Crippen molar-refractivity contribution < 1.29 is 4.79 Å². The van der Waals surface area contributed by atoms with Crippen molar-refractivity contribution in [3.05, 3.63) is 11.8 Å². The number of nitrogens with two attached hydrogens (primary N) is 1. The normalized spacial score (nSPS) is 18.2. The molecule has 2 rings (SSSR count). The van der Waals surface area contributed by atoms with Crippen LogP contribution in [0.1, 0.15) is 23.3 Å². The molecule has 2 heterocycles. The number of hydrogen-bond donors (Lipinski definition) is 2. The summed E-state index contributed by atoms with van der Waals surface area (Å²) in [6.07, 6.45) is 1.99. The Kier molecular flexibility index (Phi) is 3.33. The van der Waals surface area contributed by atoms with Crippen LogP contribution in [0.15, 0.2) is 6.07 Å². The van der Waals surface area contributed by atoms with Crippen LogP contribution in [0.25, 0.3) is 0 Å². The molecule has 6 nitrogen and oxygen atoms in total. The van der Waals surface area contributed by atoms with Gasteiger partial charge in [0, 0.05) is 19.2 Å². The van der Waals surface area contributed by atoms with E-state index < -0.39 is 0 Å². The van der Waals surface area contributed by atoms with E-state index in [1.165, 1.54) is 4.68 Å². The smallest absolute Gasteiger partial charge is 0.269 e. The Morgan fingerprint density at radius 1 is 1.47 bits per heavy atom. The molecule has 3 N–H and O–H groups in total. The molecule has 0 spiro atoms. The average Bonchev–Trinajstić information content (AvgIpc) is 2.61. The van der Waals surface area contributed by atoms with Crippen molar-refractivity contribution in [1.29, 1.82) is 0 Å². The lowest BCUT2D eigenvalue weighted by molar-refractivity contribution is 0.0907. The highest BCUT2D eigenvalue weighted by Gasteiger charge is 2.20. The number of aryl methyl sites for hydroxylation is 1. The van der Waals surface area contributed by atoms with Crippen LogP contribution in [0.4, 0.5) is 5.82 Å². The maximum Gasteiger partial charge on any atom is 0.269 e. The van der Waals surface area contributed by atoms with Gasteiger partial charge in [-0.3, -0.25) is 9.48 Å². The molecule has 1 aromatic heterocycles. The first-order valence-electron chi connectivity index (χ1n) is 5.85. The van der Waals surface area contributed by atoms with Crippen molar-refractivity contribution in [2.45, 2.75) is 18.9 Å². The molecule has 1 fully saturated rings. The van der Waals surface area contributed by atoms with Gasteiger partial charge in [0.05, 0.1) is 0 Å². The van der Waals surface area contributed by atoms with Crippen LogP contribution in [0.2, 0.25) is 0 Å². The van der Waals surface area contributed by atoms with E-state index in [0.29, 0.717) is 11.5 Å². The fourth-order valence-corrected chi connectivity index (χ4v) is 2.11. The summed E-state index contributed by atoms with van der Waals surface area (Å²) >= 11 is 0. The van der Waals surface area contributed by atoms with E-state index in [1.54, 1.807) is 13.1 Å². The number of nitrogen functional groups attached to an aromatic ring is 1. The van der Waals surface area contributed by atoms with Crippen molar-refractivity contribution >= 4 is 11.7 Å². The van der Waals surface area contributed by atoms with Crippen LogP contribution in [0.5, 0.6) is 0 Å². The Balaban J connectivity index is 1.95. The first-order chi connectivity index (χ1) is 8.06. The number of nitrogens with one attached hydrogen (secondary N) is 1.